The fourth-order valence-corrected chi connectivity index (χ4v) is 2.27. The van der Waals surface area contributed by atoms with Crippen LogP contribution in [0.4, 0.5) is 0 Å². The summed E-state index contributed by atoms with van der Waals surface area (Å²) in [5.74, 6) is -1.14. The smallest absolute Gasteiger partial charge is 0.337 e. The Bertz CT molecular complexity index is 776. The normalized spacial score (nSPS) is 11.2. The monoisotopic (exact) mass is 345 g/mol. The van der Waals surface area contributed by atoms with Crippen molar-refractivity contribution in [3.63, 3.8) is 0 Å². The molecule has 0 aliphatic heterocycles. The van der Waals surface area contributed by atoms with Gasteiger partial charge >= 0.3 is 5.97 Å². The SMILES string of the molecule is N=C(/C(=C\NCCO)c1ccc(Cl)c(C(=O)O)c1)c1ccncc1. The first kappa shape index (κ1) is 17.7. The number of hydrogen-bond donors (Lipinski definition) is 4. The van der Waals surface area contributed by atoms with Crippen molar-refractivity contribution in [2.75, 3.05) is 13.2 Å². The van der Waals surface area contributed by atoms with Crippen molar-refractivity contribution in [1.82, 2.24) is 10.3 Å². The first-order valence-corrected chi connectivity index (χ1v) is 7.49. The maximum Gasteiger partial charge on any atom is 0.337 e. The number of carbonyl (C=O) groups is 1. The number of aromatic nitrogens is 1. The van der Waals surface area contributed by atoms with Crippen molar-refractivity contribution in [2.24, 2.45) is 0 Å². The Morgan fingerprint density at radius 3 is 2.58 bits per heavy atom. The fourth-order valence-electron chi connectivity index (χ4n) is 2.07. The van der Waals surface area contributed by atoms with Crippen molar-refractivity contribution >= 4 is 28.9 Å². The lowest BCUT2D eigenvalue weighted by atomic mass is 9.96. The third kappa shape index (κ3) is 4.18. The molecule has 0 amide bonds. The summed E-state index contributed by atoms with van der Waals surface area (Å²) in [5, 5.41) is 29.6. The molecule has 0 spiro atoms. The van der Waals surface area contributed by atoms with E-state index in [1.54, 1.807) is 36.8 Å². The first-order chi connectivity index (χ1) is 11.5. The summed E-state index contributed by atoms with van der Waals surface area (Å²) >= 11 is 5.91. The van der Waals surface area contributed by atoms with E-state index in [0.717, 1.165) is 0 Å². The van der Waals surface area contributed by atoms with Gasteiger partial charge in [-0.25, -0.2) is 4.79 Å². The van der Waals surface area contributed by atoms with E-state index in [2.05, 4.69) is 10.3 Å². The predicted octanol–water partition coefficient (Wildman–Crippen LogP) is 2.42. The zero-order valence-corrected chi connectivity index (χ0v) is 13.4. The van der Waals surface area contributed by atoms with E-state index in [4.69, 9.17) is 22.1 Å². The number of hydrogen-bond acceptors (Lipinski definition) is 5. The van der Waals surface area contributed by atoms with Crippen LogP contribution < -0.4 is 5.32 Å². The van der Waals surface area contributed by atoms with Crippen LogP contribution in [-0.4, -0.2) is 40.0 Å². The van der Waals surface area contributed by atoms with Crippen molar-refractivity contribution < 1.29 is 15.0 Å². The van der Waals surface area contributed by atoms with Gasteiger partial charge in [0.15, 0.2) is 0 Å². The molecule has 1 heterocycles. The Hall–Kier alpha value is -2.70. The van der Waals surface area contributed by atoms with Gasteiger partial charge in [0.05, 0.1) is 22.9 Å². The van der Waals surface area contributed by atoms with Crippen LogP contribution in [-0.2, 0) is 0 Å². The number of aliphatic hydroxyl groups is 1. The Balaban J connectivity index is 2.47. The topological polar surface area (TPSA) is 106 Å². The molecule has 6 nitrogen and oxygen atoms in total. The van der Waals surface area contributed by atoms with E-state index in [-0.39, 0.29) is 22.9 Å². The maximum atomic E-state index is 11.3. The second kappa shape index (κ2) is 8.24. The molecule has 0 atom stereocenters. The highest BCUT2D eigenvalue weighted by molar-refractivity contribution is 6.34. The van der Waals surface area contributed by atoms with Crippen LogP contribution in [0.3, 0.4) is 0 Å². The van der Waals surface area contributed by atoms with Gasteiger partial charge in [0.2, 0.25) is 0 Å². The number of carboxylic acids is 1. The first-order valence-electron chi connectivity index (χ1n) is 7.11. The van der Waals surface area contributed by atoms with Crippen LogP contribution in [0.2, 0.25) is 5.02 Å². The lowest BCUT2D eigenvalue weighted by molar-refractivity contribution is 0.0697. The van der Waals surface area contributed by atoms with Crippen LogP contribution in [0.25, 0.3) is 5.57 Å². The minimum atomic E-state index is -1.14. The van der Waals surface area contributed by atoms with Gasteiger partial charge in [-0.05, 0) is 29.8 Å². The highest BCUT2D eigenvalue weighted by atomic mass is 35.5. The van der Waals surface area contributed by atoms with Crippen molar-refractivity contribution in [3.05, 3.63) is 70.6 Å². The van der Waals surface area contributed by atoms with Crippen LogP contribution in [0.5, 0.6) is 0 Å². The van der Waals surface area contributed by atoms with Gasteiger partial charge in [0.25, 0.3) is 0 Å². The third-order valence-electron chi connectivity index (χ3n) is 3.25. The van der Waals surface area contributed by atoms with Crippen LogP contribution >= 0.6 is 11.6 Å². The Kier molecular flexibility index (Phi) is 6.06. The molecule has 124 valence electrons. The highest BCUT2D eigenvalue weighted by Crippen LogP contribution is 2.24. The fraction of sp³-hybridized carbons (Fsp3) is 0.118. The largest absolute Gasteiger partial charge is 0.478 e. The second-order valence-corrected chi connectivity index (χ2v) is 5.25. The number of carboxylic acid groups (broad SMARTS) is 1. The molecule has 1 aromatic heterocycles. The Morgan fingerprint density at radius 1 is 1.25 bits per heavy atom. The van der Waals surface area contributed by atoms with E-state index in [0.29, 0.717) is 23.2 Å². The Morgan fingerprint density at radius 2 is 1.96 bits per heavy atom. The molecule has 0 radical (unpaired) electrons. The zero-order valence-electron chi connectivity index (χ0n) is 12.7. The molecule has 0 bridgehead atoms. The summed E-state index contributed by atoms with van der Waals surface area (Å²) in [4.78, 5) is 15.2. The Labute approximate surface area is 143 Å². The number of aromatic carboxylic acids is 1. The van der Waals surface area contributed by atoms with Gasteiger partial charge in [0, 0.05) is 36.3 Å². The van der Waals surface area contributed by atoms with Crippen LogP contribution in [0.1, 0.15) is 21.5 Å². The average molecular weight is 346 g/mol. The summed E-state index contributed by atoms with van der Waals surface area (Å²) in [7, 11) is 0. The molecule has 0 saturated heterocycles. The summed E-state index contributed by atoms with van der Waals surface area (Å²) in [5.41, 5.74) is 1.80. The number of halogens is 1. The lowest BCUT2D eigenvalue weighted by Gasteiger charge is -2.12. The minimum Gasteiger partial charge on any atom is -0.478 e. The number of aliphatic hydroxyl groups excluding tert-OH is 1. The van der Waals surface area contributed by atoms with Crippen LogP contribution in [0, 0.1) is 5.41 Å². The van der Waals surface area contributed by atoms with E-state index in [1.807, 2.05) is 0 Å². The molecule has 0 fully saturated rings. The number of allylic oxidation sites excluding steroid dienone is 1. The van der Waals surface area contributed by atoms with Gasteiger partial charge in [-0.2, -0.15) is 0 Å². The number of pyridine rings is 1. The van der Waals surface area contributed by atoms with E-state index >= 15 is 0 Å². The second-order valence-electron chi connectivity index (χ2n) is 4.85. The molecular formula is C17H16ClN3O3. The van der Waals surface area contributed by atoms with Gasteiger partial charge in [-0.15, -0.1) is 0 Å². The quantitative estimate of drug-likeness (QED) is 0.455. The van der Waals surface area contributed by atoms with E-state index in [9.17, 15) is 9.90 Å². The number of nitrogens with one attached hydrogen (secondary N) is 2. The molecular weight excluding hydrogens is 330 g/mol. The van der Waals surface area contributed by atoms with Crippen molar-refractivity contribution in [1.29, 1.82) is 5.41 Å². The molecule has 0 aliphatic carbocycles. The zero-order chi connectivity index (χ0) is 17.5. The lowest BCUT2D eigenvalue weighted by Crippen LogP contribution is -2.14. The molecule has 1 aromatic carbocycles. The molecule has 4 N–H and O–H groups in total. The number of rotatable bonds is 7. The number of nitrogens with zero attached hydrogens (tertiary/aromatic N) is 1. The predicted molar refractivity (Wildman–Crippen MR) is 92.5 cm³/mol. The van der Waals surface area contributed by atoms with E-state index in [1.165, 1.54) is 12.1 Å². The maximum absolute atomic E-state index is 11.3. The van der Waals surface area contributed by atoms with E-state index < -0.39 is 5.97 Å². The summed E-state index contributed by atoms with van der Waals surface area (Å²) in [6.45, 7) is 0.250. The van der Waals surface area contributed by atoms with Crippen molar-refractivity contribution in [2.45, 2.75) is 0 Å². The minimum absolute atomic E-state index is 0.0373. The molecule has 0 saturated carbocycles. The summed E-state index contributed by atoms with van der Waals surface area (Å²) in [6.07, 6.45) is 4.73. The van der Waals surface area contributed by atoms with Gasteiger partial charge in [-0.3, -0.25) is 10.4 Å². The highest BCUT2D eigenvalue weighted by Gasteiger charge is 2.15. The summed E-state index contributed by atoms with van der Waals surface area (Å²) < 4.78 is 0. The third-order valence-corrected chi connectivity index (χ3v) is 3.58. The summed E-state index contributed by atoms with van der Waals surface area (Å²) in [6, 6.07) is 7.94. The average Bonchev–Trinajstić information content (AvgIpc) is 2.59. The molecule has 0 aliphatic rings. The van der Waals surface area contributed by atoms with Crippen LogP contribution in [0.15, 0.2) is 48.9 Å². The van der Waals surface area contributed by atoms with Gasteiger partial charge in [-0.1, -0.05) is 17.7 Å². The van der Waals surface area contributed by atoms with Crippen molar-refractivity contribution in [3.8, 4) is 0 Å². The molecule has 7 heteroatoms. The molecule has 2 aromatic rings. The molecule has 0 unspecified atom stereocenters. The van der Waals surface area contributed by atoms with Gasteiger partial charge < -0.3 is 15.5 Å². The number of benzene rings is 1. The standard InChI is InChI=1S/C17H16ClN3O3/c18-15-2-1-12(9-13(15)17(23)24)14(10-21-7-8-22)16(19)11-3-5-20-6-4-11/h1-6,9-10,19,21-22H,7-8H2,(H,23,24)/b14-10-,19-16?. The van der Waals surface area contributed by atoms with Gasteiger partial charge in [0.1, 0.15) is 0 Å². The molecule has 24 heavy (non-hydrogen) atoms. The molecule has 2 rings (SSSR count).